The molecule has 1 aromatic heterocycles. The van der Waals surface area contributed by atoms with Crippen LogP contribution in [-0.4, -0.2) is 29.0 Å². The van der Waals surface area contributed by atoms with Crippen LogP contribution in [0.1, 0.15) is 28.4 Å². The molecule has 7 nitrogen and oxygen atoms in total. The minimum atomic E-state index is -0.499. The number of non-ortho nitro benzene ring substituents is 1. The topological polar surface area (TPSA) is 94.4 Å². The number of ether oxygens (including phenoxy) is 1. The molecule has 0 saturated carbocycles. The van der Waals surface area contributed by atoms with Crippen molar-refractivity contribution >= 4 is 22.9 Å². The Kier molecular flexibility index (Phi) is 5.60. The zero-order valence-corrected chi connectivity index (χ0v) is 14.5. The van der Waals surface area contributed by atoms with E-state index in [1.54, 1.807) is 17.4 Å². The quantitative estimate of drug-likeness (QED) is 0.604. The predicted octanol–water partition coefficient (Wildman–Crippen LogP) is 2.67. The van der Waals surface area contributed by atoms with Gasteiger partial charge < -0.3 is 10.1 Å². The molecule has 1 amide bonds. The minimum absolute atomic E-state index is 0.0642. The maximum absolute atomic E-state index is 11.8. The highest BCUT2D eigenvalue weighted by Crippen LogP contribution is 2.26. The highest BCUT2D eigenvalue weighted by atomic mass is 32.1. The molecule has 2 aromatic rings. The third-order valence-electron chi connectivity index (χ3n) is 3.95. The fraction of sp³-hybridized carbons (Fsp3) is 0.412. The molecule has 1 aromatic carbocycles. The SMILES string of the molecule is O=C(COc1cccc([N+](=O)[O-])c1)NCCc1nc2c(s1)CCCC2. The summed E-state index contributed by atoms with van der Waals surface area (Å²) in [7, 11) is 0. The molecule has 0 fully saturated rings. The van der Waals surface area contributed by atoms with Gasteiger partial charge >= 0.3 is 0 Å². The fourth-order valence-corrected chi connectivity index (χ4v) is 3.86. The Morgan fingerprint density at radius 3 is 3.00 bits per heavy atom. The van der Waals surface area contributed by atoms with Crippen molar-refractivity contribution < 1.29 is 14.5 Å². The van der Waals surface area contributed by atoms with Crippen molar-refractivity contribution in [1.29, 1.82) is 0 Å². The number of benzene rings is 1. The molecule has 0 spiro atoms. The lowest BCUT2D eigenvalue weighted by Gasteiger charge is -2.07. The standard InChI is InChI=1S/C17H19N3O4S/c21-16(11-24-13-5-3-4-12(10-13)20(22)23)18-9-8-17-19-14-6-1-2-7-15(14)25-17/h3-5,10H,1-2,6-9,11H2,(H,18,21). The van der Waals surface area contributed by atoms with Crippen molar-refractivity contribution in [1.82, 2.24) is 10.3 Å². The number of nitro groups is 1. The number of nitro benzene ring substituents is 1. The summed E-state index contributed by atoms with van der Waals surface area (Å²) in [5, 5.41) is 14.6. The first kappa shape index (κ1) is 17.3. The molecule has 8 heteroatoms. The van der Waals surface area contributed by atoms with E-state index in [-0.39, 0.29) is 18.2 Å². The zero-order valence-electron chi connectivity index (χ0n) is 13.7. The maximum atomic E-state index is 11.8. The van der Waals surface area contributed by atoms with E-state index in [4.69, 9.17) is 4.74 Å². The van der Waals surface area contributed by atoms with Crippen molar-refractivity contribution in [3.05, 3.63) is 50.0 Å². The van der Waals surface area contributed by atoms with Gasteiger partial charge in [0.25, 0.3) is 11.6 Å². The first-order valence-corrected chi connectivity index (χ1v) is 9.05. The van der Waals surface area contributed by atoms with Crippen LogP contribution in [-0.2, 0) is 24.1 Å². The molecule has 0 atom stereocenters. The monoisotopic (exact) mass is 361 g/mol. The molecule has 1 aliphatic carbocycles. The van der Waals surface area contributed by atoms with Crippen molar-refractivity contribution in [3.63, 3.8) is 0 Å². The number of carbonyl (C=O) groups excluding carboxylic acids is 1. The summed E-state index contributed by atoms with van der Waals surface area (Å²) in [6.07, 6.45) is 5.34. The molecule has 0 bridgehead atoms. The third-order valence-corrected chi connectivity index (χ3v) is 5.17. The Balaban J connectivity index is 1.41. The highest BCUT2D eigenvalue weighted by Gasteiger charge is 2.15. The average Bonchev–Trinajstić information content (AvgIpc) is 3.03. The van der Waals surface area contributed by atoms with Gasteiger partial charge in [-0.15, -0.1) is 11.3 Å². The number of nitrogens with one attached hydrogen (secondary N) is 1. The number of carbonyl (C=O) groups is 1. The molecule has 0 radical (unpaired) electrons. The van der Waals surface area contributed by atoms with Crippen LogP contribution in [0.3, 0.4) is 0 Å². The van der Waals surface area contributed by atoms with E-state index in [0.717, 1.165) is 17.8 Å². The number of hydrogen-bond acceptors (Lipinski definition) is 6. The molecule has 1 N–H and O–H groups in total. The van der Waals surface area contributed by atoms with E-state index in [1.165, 1.54) is 41.6 Å². The molecular weight excluding hydrogens is 342 g/mol. The van der Waals surface area contributed by atoms with Crippen LogP contribution >= 0.6 is 11.3 Å². The Hall–Kier alpha value is -2.48. The van der Waals surface area contributed by atoms with Crippen LogP contribution in [0.5, 0.6) is 5.75 Å². The number of aromatic nitrogens is 1. The number of hydrogen-bond donors (Lipinski definition) is 1. The summed E-state index contributed by atoms with van der Waals surface area (Å²) < 4.78 is 5.30. The lowest BCUT2D eigenvalue weighted by atomic mass is 10.0. The number of amides is 1. The van der Waals surface area contributed by atoms with Gasteiger partial charge in [0.1, 0.15) is 5.75 Å². The maximum Gasteiger partial charge on any atom is 0.273 e. The van der Waals surface area contributed by atoms with Crippen LogP contribution < -0.4 is 10.1 Å². The zero-order chi connectivity index (χ0) is 17.6. The number of rotatable bonds is 7. The lowest BCUT2D eigenvalue weighted by Crippen LogP contribution is -2.30. The second-order valence-electron chi connectivity index (χ2n) is 5.83. The van der Waals surface area contributed by atoms with Gasteiger partial charge in [-0.2, -0.15) is 0 Å². The number of nitrogens with zero attached hydrogens (tertiary/aromatic N) is 2. The van der Waals surface area contributed by atoms with Gasteiger partial charge in [0.2, 0.25) is 0 Å². The highest BCUT2D eigenvalue weighted by molar-refractivity contribution is 7.11. The van der Waals surface area contributed by atoms with E-state index >= 15 is 0 Å². The lowest BCUT2D eigenvalue weighted by molar-refractivity contribution is -0.384. The molecule has 0 aliphatic heterocycles. The van der Waals surface area contributed by atoms with Gasteiger partial charge in [0.05, 0.1) is 21.7 Å². The van der Waals surface area contributed by atoms with E-state index in [1.807, 2.05) is 0 Å². The molecule has 25 heavy (non-hydrogen) atoms. The Labute approximate surface area is 149 Å². The second-order valence-corrected chi connectivity index (χ2v) is 7.00. The van der Waals surface area contributed by atoms with Crippen LogP contribution in [0.2, 0.25) is 0 Å². The second kappa shape index (κ2) is 8.06. The first-order chi connectivity index (χ1) is 12.1. The van der Waals surface area contributed by atoms with Crippen LogP contribution in [0.15, 0.2) is 24.3 Å². The molecule has 0 saturated heterocycles. The van der Waals surface area contributed by atoms with E-state index in [2.05, 4.69) is 10.3 Å². The molecule has 1 heterocycles. The first-order valence-electron chi connectivity index (χ1n) is 8.23. The summed E-state index contributed by atoms with van der Waals surface area (Å²) in [5.74, 6) is 0.0461. The van der Waals surface area contributed by atoms with Gasteiger partial charge in [0, 0.05) is 23.9 Å². The van der Waals surface area contributed by atoms with Crippen molar-refractivity contribution in [2.24, 2.45) is 0 Å². The summed E-state index contributed by atoms with van der Waals surface area (Å²) in [6, 6.07) is 5.78. The van der Waals surface area contributed by atoms with Crippen LogP contribution in [0.4, 0.5) is 5.69 Å². The minimum Gasteiger partial charge on any atom is -0.484 e. The number of fused-ring (bicyclic) bond motifs is 1. The summed E-state index contributed by atoms with van der Waals surface area (Å²) in [6.45, 7) is 0.332. The molecule has 3 rings (SSSR count). The number of aryl methyl sites for hydroxylation is 2. The van der Waals surface area contributed by atoms with E-state index in [0.29, 0.717) is 18.7 Å². The fourth-order valence-electron chi connectivity index (χ4n) is 2.71. The Bertz CT molecular complexity index is 752. The molecule has 0 unspecified atom stereocenters. The van der Waals surface area contributed by atoms with Crippen molar-refractivity contribution in [2.75, 3.05) is 13.2 Å². The molecule has 1 aliphatic rings. The van der Waals surface area contributed by atoms with Gasteiger partial charge in [-0.25, -0.2) is 4.98 Å². The summed E-state index contributed by atoms with van der Waals surface area (Å²) >= 11 is 1.74. The van der Waals surface area contributed by atoms with Crippen molar-refractivity contribution in [2.45, 2.75) is 32.1 Å². The predicted molar refractivity (Wildman–Crippen MR) is 94.1 cm³/mol. The van der Waals surface area contributed by atoms with Crippen molar-refractivity contribution in [3.8, 4) is 5.75 Å². The van der Waals surface area contributed by atoms with E-state index < -0.39 is 4.92 Å². The van der Waals surface area contributed by atoms with Gasteiger partial charge in [0.15, 0.2) is 6.61 Å². The van der Waals surface area contributed by atoms with Gasteiger partial charge in [-0.05, 0) is 31.7 Å². The molecule has 132 valence electrons. The smallest absolute Gasteiger partial charge is 0.273 e. The third kappa shape index (κ3) is 4.76. The average molecular weight is 361 g/mol. The van der Waals surface area contributed by atoms with Gasteiger partial charge in [-0.3, -0.25) is 14.9 Å². The van der Waals surface area contributed by atoms with Crippen LogP contribution in [0, 0.1) is 10.1 Å². The van der Waals surface area contributed by atoms with E-state index in [9.17, 15) is 14.9 Å². The van der Waals surface area contributed by atoms with Gasteiger partial charge in [-0.1, -0.05) is 6.07 Å². The molecular formula is C17H19N3O4S. The summed E-state index contributed by atoms with van der Waals surface area (Å²) in [4.78, 5) is 28.1. The Morgan fingerprint density at radius 1 is 1.36 bits per heavy atom. The summed E-state index contributed by atoms with van der Waals surface area (Å²) in [5.41, 5.74) is 1.16. The normalized spacial score (nSPS) is 13.1. The van der Waals surface area contributed by atoms with Crippen LogP contribution in [0.25, 0.3) is 0 Å². The Morgan fingerprint density at radius 2 is 2.20 bits per heavy atom. The largest absolute Gasteiger partial charge is 0.484 e. The number of thiazole rings is 1.